The molecule has 0 spiro atoms. The average Bonchev–Trinajstić information content (AvgIpc) is 2.39. The van der Waals surface area contributed by atoms with Gasteiger partial charge in [-0.2, -0.15) is 0 Å². The molecule has 1 aromatic heterocycles. The third-order valence-corrected chi connectivity index (χ3v) is 1.23. The topological polar surface area (TPSA) is 89.4 Å². The van der Waals surface area contributed by atoms with Crippen LogP contribution in [0.1, 0.15) is 5.69 Å². The number of carboxylic acid groups (broad SMARTS) is 1. The van der Waals surface area contributed by atoms with Gasteiger partial charge in [0.15, 0.2) is 6.39 Å². The smallest absolute Gasteiger partial charge is 0.320 e. The Hall–Kier alpha value is -1.36. The van der Waals surface area contributed by atoms with E-state index in [0.29, 0.717) is 5.69 Å². The highest BCUT2D eigenvalue weighted by Gasteiger charge is 2.12. The van der Waals surface area contributed by atoms with Crippen molar-refractivity contribution in [3.05, 3.63) is 18.4 Å². The molecule has 60 valence electrons. The maximum atomic E-state index is 10.2. The van der Waals surface area contributed by atoms with E-state index in [1.54, 1.807) is 0 Å². The van der Waals surface area contributed by atoms with Crippen molar-refractivity contribution in [2.75, 3.05) is 0 Å². The molecule has 0 amide bonds. The van der Waals surface area contributed by atoms with Crippen LogP contribution in [0, 0.1) is 0 Å². The molecule has 0 radical (unpaired) electrons. The van der Waals surface area contributed by atoms with E-state index in [0.717, 1.165) is 0 Å². The lowest BCUT2D eigenvalue weighted by Gasteiger charge is -2.00. The molecule has 5 nitrogen and oxygen atoms in total. The van der Waals surface area contributed by atoms with Crippen molar-refractivity contribution in [2.24, 2.45) is 5.73 Å². The van der Waals surface area contributed by atoms with Gasteiger partial charge in [0.2, 0.25) is 0 Å². The Bertz CT molecular complexity index is 232. The molecule has 1 rings (SSSR count). The van der Waals surface area contributed by atoms with E-state index < -0.39 is 12.0 Å². The zero-order valence-corrected chi connectivity index (χ0v) is 5.73. The van der Waals surface area contributed by atoms with Gasteiger partial charge in [0.05, 0.1) is 5.69 Å². The van der Waals surface area contributed by atoms with E-state index >= 15 is 0 Å². The van der Waals surface area contributed by atoms with Crippen molar-refractivity contribution in [1.82, 2.24) is 4.98 Å². The van der Waals surface area contributed by atoms with E-state index in [1.807, 2.05) is 0 Å². The van der Waals surface area contributed by atoms with E-state index in [9.17, 15) is 4.79 Å². The molecule has 0 saturated carbocycles. The minimum absolute atomic E-state index is 0.200. The van der Waals surface area contributed by atoms with Gasteiger partial charge in [0.25, 0.3) is 0 Å². The maximum Gasteiger partial charge on any atom is 0.320 e. The third kappa shape index (κ3) is 2.05. The van der Waals surface area contributed by atoms with Crippen molar-refractivity contribution >= 4 is 5.97 Å². The Balaban J connectivity index is 2.50. The Kier molecular flexibility index (Phi) is 2.22. The standard InChI is InChI=1S/C6H8N2O3/c7-5(6(9)10)1-4-2-11-3-8-4/h2-3,5H,1,7H2,(H,9,10). The quantitative estimate of drug-likeness (QED) is 0.623. The van der Waals surface area contributed by atoms with E-state index in [2.05, 4.69) is 9.40 Å². The van der Waals surface area contributed by atoms with Gasteiger partial charge in [-0.1, -0.05) is 0 Å². The Morgan fingerprint density at radius 2 is 2.64 bits per heavy atom. The van der Waals surface area contributed by atoms with Crippen molar-refractivity contribution in [2.45, 2.75) is 12.5 Å². The van der Waals surface area contributed by atoms with Crippen molar-refractivity contribution in [3.8, 4) is 0 Å². The molecule has 1 aromatic rings. The first-order valence-corrected chi connectivity index (χ1v) is 3.05. The minimum atomic E-state index is -1.03. The summed E-state index contributed by atoms with van der Waals surface area (Å²) in [4.78, 5) is 14.0. The number of aromatic nitrogens is 1. The van der Waals surface area contributed by atoms with Gasteiger partial charge in [0, 0.05) is 6.42 Å². The average molecular weight is 156 g/mol. The first-order chi connectivity index (χ1) is 5.20. The van der Waals surface area contributed by atoms with Crippen LogP contribution in [-0.4, -0.2) is 22.1 Å². The van der Waals surface area contributed by atoms with E-state index in [1.165, 1.54) is 12.7 Å². The molecule has 0 aromatic carbocycles. The number of hydrogen-bond donors (Lipinski definition) is 2. The zero-order chi connectivity index (χ0) is 8.27. The van der Waals surface area contributed by atoms with E-state index in [-0.39, 0.29) is 6.42 Å². The number of aliphatic carboxylic acids is 1. The van der Waals surface area contributed by atoms with Gasteiger partial charge in [-0.25, -0.2) is 4.98 Å². The fourth-order valence-electron chi connectivity index (χ4n) is 0.651. The Morgan fingerprint density at radius 1 is 1.91 bits per heavy atom. The molecule has 0 saturated heterocycles. The van der Waals surface area contributed by atoms with Crippen LogP contribution in [0.2, 0.25) is 0 Å². The molecule has 1 heterocycles. The first-order valence-electron chi connectivity index (χ1n) is 3.05. The molecule has 0 aliphatic carbocycles. The van der Waals surface area contributed by atoms with Crippen LogP contribution >= 0.6 is 0 Å². The minimum Gasteiger partial charge on any atom is -0.480 e. The van der Waals surface area contributed by atoms with Gasteiger partial charge >= 0.3 is 5.97 Å². The largest absolute Gasteiger partial charge is 0.480 e. The number of nitrogens with two attached hydrogens (primary N) is 1. The molecule has 1 atom stereocenters. The predicted molar refractivity (Wildman–Crippen MR) is 35.8 cm³/mol. The summed E-state index contributed by atoms with van der Waals surface area (Å²) in [5, 5.41) is 8.40. The van der Waals surface area contributed by atoms with Crippen molar-refractivity contribution < 1.29 is 14.3 Å². The molecule has 5 heteroatoms. The van der Waals surface area contributed by atoms with Gasteiger partial charge in [-0.05, 0) is 0 Å². The molecule has 11 heavy (non-hydrogen) atoms. The Labute approximate surface area is 62.8 Å². The molecule has 0 fully saturated rings. The number of oxazole rings is 1. The van der Waals surface area contributed by atoms with Gasteiger partial charge in [-0.3, -0.25) is 4.79 Å². The second kappa shape index (κ2) is 3.16. The van der Waals surface area contributed by atoms with Gasteiger partial charge in [-0.15, -0.1) is 0 Å². The molecule has 0 aliphatic heterocycles. The monoisotopic (exact) mass is 156 g/mol. The second-order valence-corrected chi connectivity index (χ2v) is 2.13. The lowest BCUT2D eigenvalue weighted by molar-refractivity contribution is -0.138. The van der Waals surface area contributed by atoms with Gasteiger partial charge in [0.1, 0.15) is 12.3 Å². The summed E-state index contributed by atoms with van der Waals surface area (Å²) in [5.41, 5.74) is 5.78. The number of carbonyl (C=O) groups is 1. The summed E-state index contributed by atoms with van der Waals surface area (Å²) in [5.74, 6) is -1.03. The third-order valence-electron chi connectivity index (χ3n) is 1.23. The molecular weight excluding hydrogens is 148 g/mol. The summed E-state index contributed by atoms with van der Waals surface area (Å²) in [6.45, 7) is 0. The zero-order valence-electron chi connectivity index (χ0n) is 5.73. The molecule has 3 N–H and O–H groups in total. The van der Waals surface area contributed by atoms with Crippen LogP contribution in [0.4, 0.5) is 0 Å². The highest BCUT2D eigenvalue weighted by molar-refractivity contribution is 5.73. The number of rotatable bonds is 3. The summed E-state index contributed by atoms with van der Waals surface area (Å²) >= 11 is 0. The number of hydrogen-bond acceptors (Lipinski definition) is 4. The van der Waals surface area contributed by atoms with Crippen LogP contribution in [-0.2, 0) is 11.2 Å². The normalized spacial score (nSPS) is 12.8. The SMILES string of the molecule is NC(Cc1cocn1)C(=O)O. The summed E-state index contributed by atoms with van der Waals surface area (Å²) in [6, 6.07) is -0.903. The van der Waals surface area contributed by atoms with Crippen LogP contribution in [0.5, 0.6) is 0 Å². The molecular formula is C6H8N2O3. The lowest BCUT2D eigenvalue weighted by atomic mass is 10.2. The highest BCUT2D eigenvalue weighted by Crippen LogP contribution is 1.97. The van der Waals surface area contributed by atoms with Crippen molar-refractivity contribution in [1.29, 1.82) is 0 Å². The lowest BCUT2D eigenvalue weighted by Crippen LogP contribution is -2.32. The van der Waals surface area contributed by atoms with Crippen molar-refractivity contribution in [3.63, 3.8) is 0 Å². The Morgan fingerprint density at radius 3 is 3.09 bits per heavy atom. The molecule has 0 bridgehead atoms. The van der Waals surface area contributed by atoms with E-state index in [4.69, 9.17) is 10.8 Å². The van der Waals surface area contributed by atoms with Crippen LogP contribution in [0.3, 0.4) is 0 Å². The highest BCUT2D eigenvalue weighted by atomic mass is 16.4. The maximum absolute atomic E-state index is 10.2. The van der Waals surface area contributed by atoms with Crippen LogP contribution in [0.15, 0.2) is 17.1 Å². The summed E-state index contributed by atoms with van der Waals surface area (Å²) in [6.07, 6.45) is 2.82. The summed E-state index contributed by atoms with van der Waals surface area (Å²) in [7, 11) is 0. The number of carboxylic acids is 1. The predicted octanol–water partition coefficient (Wildman–Crippen LogP) is -0.371. The van der Waals surface area contributed by atoms with Gasteiger partial charge < -0.3 is 15.3 Å². The van der Waals surface area contributed by atoms with Crippen LogP contribution < -0.4 is 5.73 Å². The van der Waals surface area contributed by atoms with Crippen LogP contribution in [0.25, 0.3) is 0 Å². The summed E-state index contributed by atoms with van der Waals surface area (Å²) < 4.78 is 4.64. The fourth-order valence-corrected chi connectivity index (χ4v) is 0.651. The fraction of sp³-hybridized carbons (Fsp3) is 0.333. The molecule has 0 aliphatic rings. The second-order valence-electron chi connectivity index (χ2n) is 2.13. The number of nitrogens with zero attached hydrogens (tertiary/aromatic N) is 1. The first kappa shape index (κ1) is 7.74. The molecule has 1 unspecified atom stereocenters.